The Hall–Kier alpha value is -1.60. The summed E-state index contributed by atoms with van der Waals surface area (Å²) in [6.07, 6.45) is 0. The molecular formula is C9H5ClFNO2. The maximum absolute atomic E-state index is 13.3. The van der Waals surface area contributed by atoms with Gasteiger partial charge in [0.1, 0.15) is 5.82 Å². The first-order valence-corrected chi connectivity index (χ1v) is 4.15. The van der Waals surface area contributed by atoms with Crippen molar-refractivity contribution >= 4 is 17.6 Å². The SMILES string of the molecule is N#Cc1cc(CCl)c(F)c(C(=O)O)c1. The van der Waals surface area contributed by atoms with Gasteiger partial charge in [-0.2, -0.15) is 5.26 Å². The molecule has 14 heavy (non-hydrogen) atoms. The molecule has 72 valence electrons. The number of carboxylic acid groups (broad SMARTS) is 1. The standard InChI is InChI=1S/C9H5ClFNO2/c10-3-6-1-5(4-12)2-7(8(6)11)9(13)14/h1-2H,3H2,(H,13,14). The van der Waals surface area contributed by atoms with Gasteiger partial charge in [-0.1, -0.05) is 0 Å². The fraction of sp³-hybridized carbons (Fsp3) is 0.111. The van der Waals surface area contributed by atoms with Gasteiger partial charge in [-0.25, -0.2) is 9.18 Å². The van der Waals surface area contributed by atoms with Crippen LogP contribution in [0.5, 0.6) is 0 Å². The lowest BCUT2D eigenvalue weighted by Crippen LogP contribution is -2.04. The Morgan fingerprint density at radius 1 is 1.64 bits per heavy atom. The highest BCUT2D eigenvalue weighted by atomic mass is 35.5. The monoisotopic (exact) mass is 213 g/mol. The number of rotatable bonds is 2. The predicted octanol–water partition coefficient (Wildman–Crippen LogP) is 2.13. The summed E-state index contributed by atoms with van der Waals surface area (Å²) in [6, 6.07) is 3.95. The Morgan fingerprint density at radius 3 is 2.71 bits per heavy atom. The molecule has 0 atom stereocenters. The molecular weight excluding hydrogens is 209 g/mol. The molecule has 0 spiro atoms. The molecule has 1 N–H and O–H groups in total. The summed E-state index contributed by atoms with van der Waals surface area (Å²) in [6.45, 7) is 0. The summed E-state index contributed by atoms with van der Waals surface area (Å²) in [5.41, 5.74) is -0.428. The normalized spacial score (nSPS) is 9.50. The number of aromatic carboxylic acids is 1. The van der Waals surface area contributed by atoms with E-state index in [2.05, 4.69) is 0 Å². The number of carboxylic acids is 1. The van der Waals surface area contributed by atoms with Crippen molar-refractivity contribution in [3.05, 3.63) is 34.6 Å². The molecule has 5 heteroatoms. The maximum atomic E-state index is 13.3. The molecule has 0 aliphatic rings. The lowest BCUT2D eigenvalue weighted by atomic mass is 10.1. The molecule has 1 aromatic carbocycles. The summed E-state index contributed by atoms with van der Waals surface area (Å²) in [4.78, 5) is 10.6. The van der Waals surface area contributed by atoms with Gasteiger partial charge in [0.15, 0.2) is 0 Å². The second-order valence-corrected chi connectivity index (χ2v) is 2.81. The molecule has 0 unspecified atom stereocenters. The molecule has 0 fully saturated rings. The molecule has 0 heterocycles. The molecule has 0 radical (unpaired) electrons. The van der Waals surface area contributed by atoms with Crippen LogP contribution in [-0.4, -0.2) is 11.1 Å². The van der Waals surface area contributed by atoms with Crippen LogP contribution >= 0.6 is 11.6 Å². The Morgan fingerprint density at radius 2 is 2.29 bits per heavy atom. The van der Waals surface area contributed by atoms with Gasteiger partial charge < -0.3 is 5.11 Å². The molecule has 0 aliphatic carbocycles. The first-order chi connectivity index (χ1) is 6.60. The van der Waals surface area contributed by atoms with E-state index in [1.54, 1.807) is 6.07 Å². The quantitative estimate of drug-likeness (QED) is 0.766. The van der Waals surface area contributed by atoms with Crippen molar-refractivity contribution < 1.29 is 14.3 Å². The Balaban J connectivity index is 3.44. The number of benzene rings is 1. The number of hydrogen-bond donors (Lipinski definition) is 1. The van der Waals surface area contributed by atoms with Crippen LogP contribution in [0.3, 0.4) is 0 Å². The third-order valence-electron chi connectivity index (χ3n) is 1.65. The fourth-order valence-electron chi connectivity index (χ4n) is 1.00. The highest BCUT2D eigenvalue weighted by Gasteiger charge is 2.15. The highest BCUT2D eigenvalue weighted by molar-refractivity contribution is 6.17. The van der Waals surface area contributed by atoms with Crippen LogP contribution in [0.2, 0.25) is 0 Å². The van der Waals surface area contributed by atoms with Gasteiger partial charge in [0.05, 0.1) is 23.1 Å². The lowest BCUT2D eigenvalue weighted by molar-refractivity contribution is 0.0691. The molecule has 0 saturated heterocycles. The number of carbonyl (C=O) groups is 1. The van der Waals surface area contributed by atoms with Crippen molar-refractivity contribution in [1.82, 2.24) is 0 Å². The molecule has 0 amide bonds. The van der Waals surface area contributed by atoms with Gasteiger partial charge in [0.2, 0.25) is 0 Å². The number of alkyl halides is 1. The lowest BCUT2D eigenvalue weighted by Gasteiger charge is -2.03. The van der Waals surface area contributed by atoms with Crippen molar-refractivity contribution in [2.24, 2.45) is 0 Å². The molecule has 0 aliphatic heterocycles. The van der Waals surface area contributed by atoms with E-state index in [-0.39, 0.29) is 17.0 Å². The van der Waals surface area contributed by atoms with Crippen LogP contribution in [0.1, 0.15) is 21.5 Å². The molecule has 3 nitrogen and oxygen atoms in total. The van der Waals surface area contributed by atoms with Gasteiger partial charge in [-0.3, -0.25) is 0 Å². The van der Waals surface area contributed by atoms with Gasteiger partial charge in [0.25, 0.3) is 0 Å². The predicted molar refractivity (Wildman–Crippen MR) is 47.6 cm³/mol. The van der Waals surface area contributed by atoms with E-state index in [0.29, 0.717) is 0 Å². The zero-order valence-corrected chi connectivity index (χ0v) is 7.68. The number of hydrogen-bond acceptors (Lipinski definition) is 2. The van der Waals surface area contributed by atoms with Gasteiger partial charge in [0, 0.05) is 5.56 Å². The smallest absolute Gasteiger partial charge is 0.338 e. The molecule has 0 bridgehead atoms. The zero-order chi connectivity index (χ0) is 10.7. The van der Waals surface area contributed by atoms with Crippen molar-refractivity contribution in [2.75, 3.05) is 0 Å². The van der Waals surface area contributed by atoms with Crippen LogP contribution in [0.25, 0.3) is 0 Å². The summed E-state index contributed by atoms with van der Waals surface area (Å²) >= 11 is 5.40. The third kappa shape index (κ3) is 1.83. The van der Waals surface area contributed by atoms with E-state index in [4.69, 9.17) is 22.0 Å². The van der Waals surface area contributed by atoms with E-state index < -0.39 is 17.3 Å². The molecule has 0 saturated carbocycles. The number of halogens is 2. The molecule has 1 rings (SSSR count). The maximum Gasteiger partial charge on any atom is 0.338 e. The summed E-state index contributed by atoms with van der Waals surface area (Å²) in [5, 5.41) is 17.2. The minimum Gasteiger partial charge on any atom is -0.478 e. The summed E-state index contributed by atoms with van der Waals surface area (Å²) in [7, 11) is 0. The average molecular weight is 214 g/mol. The van der Waals surface area contributed by atoms with Crippen molar-refractivity contribution in [2.45, 2.75) is 5.88 Å². The summed E-state index contributed by atoms with van der Waals surface area (Å²) < 4.78 is 13.3. The van der Waals surface area contributed by atoms with Crippen LogP contribution in [0, 0.1) is 17.1 Å². The average Bonchev–Trinajstić information content (AvgIpc) is 2.17. The van der Waals surface area contributed by atoms with Crippen molar-refractivity contribution in [1.29, 1.82) is 5.26 Å². The van der Waals surface area contributed by atoms with Crippen molar-refractivity contribution in [3.63, 3.8) is 0 Å². The van der Waals surface area contributed by atoms with Crippen LogP contribution in [0.4, 0.5) is 4.39 Å². The van der Waals surface area contributed by atoms with Gasteiger partial charge in [-0.15, -0.1) is 11.6 Å². The summed E-state index contributed by atoms with van der Waals surface area (Å²) in [5.74, 6) is -2.46. The minimum absolute atomic E-state index is 0.0168. The van der Waals surface area contributed by atoms with E-state index >= 15 is 0 Å². The van der Waals surface area contributed by atoms with E-state index in [1.807, 2.05) is 0 Å². The Kier molecular flexibility index (Phi) is 3.05. The number of nitriles is 1. The van der Waals surface area contributed by atoms with E-state index in [0.717, 1.165) is 6.07 Å². The minimum atomic E-state index is -1.41. The largest absolute Gasteiger partial charge is 0.478 e. The Bertz CT molecular complexity index is 426. The second kappa shape index (κ2) is 4.07. The van der Waals surface area contributed by atoms with E-state index in [9.17, 15) is 9.18 Å². The fourth-order valence-corrected chi connectivity index (χ4v) is 1.20. The first-order valence-electron chi connectivity index (χ1n) is 3.62. The van der Waals surface area contributed by atoms with Gasteiger partial charge >= 0.3 is 5.97 Å². The van der Waals surface area contributed by atoms with Crippen LogP contribution < -0.4 is 0 Å². The van der Waals surface area contributed by atoms with E-state index in [1.165, 1.54) is 6.07 Å². The van der Waals surface area contributed by atoms with Gasteiger partial charge in [-0.05, 0) is 12.1 Å². The third-order valence-corrected chi connectivity index (χ3v) is 1.94. The van der Waals surface area contributed by atoms with Crippen LogP contribution in [0.15, 0.2) is 12.1 Å². The Labute approximate surface area is 84.3 Å². The molecule has 1 aromatic rings. The number of nitrogens with zero attached hydrogens (tertiary/aromatic N) is 1. The van der Waals surface area contributed by atoms with Crippen LogP contribution in [-0.2, 0) is 5.88 Å². The topological polar surface area (TPSA) is 61.1 Å². The highest BCUT2D eigenvalue weighted by Crippen LogP contribution is 2.17. The molecule has 0 aromatic heterocycles. The second-order valence-electron chi connectivity index (χ2n) is 2.55. The zero-order valence-electron chi connectivity index (χ0n) is 6.92. The first kappa shape index (κ1) is 10.5. The van der Waals surface area contributed by atoms with Crippen molar-refractivity contribution in [3.8, 4) is 6.07 Å².